The molecule has 0 bridgehead atoms. The average Bonchev–Trinajstić information content (AvgIpc) is 3.11. The van der Waals surface area contributed by atoms with Crippen LogP contribution in [0.15, 0.2) is 29.6 Å². The first-order chi connectivity index (χ1) is 11.9. The number of aromatic nitrogens is 1. The Morgan fingerprint density at radius 1 is 1.30 bits per heavy atom. The predicted molar refractivity (Wildman–Crippen MR) is 115 cm³/mol. The molecule has 5 nitrogen and oxygen atoms in total. The Bertz CT molecular complexity index is 761. The SMILES string of the molecule is COc1ccccc1C1CNCCN1C(=O)c1csc(C(C)(C)C)n1.Cl.Cl. The molecule has 1 aromatic carbocycles. The van der Waals surface area contributed by atoms with E-state index in [0.29, 0.717) is 18.8 Å². The van der Waals surface area contributed by atoms with E-state index in [-0.39, 0.29) is 42.2 Å². The van der Waals surface area contributed by atoms with E-state index in [9.17, 15) is 4.79 Å². The quantitative estimate of drug-likeness (QED) is 0.794. The van der Waals surface area contributed by atoms with Gasteiger partial charge in [0.05, 0.1) is 18.2 Å². The van der Waals surface area contributed by atoms with E-state index >= 15 is 0 Å². The van der Waals surface area contributed by atoms with Crippen molar-refractivity contribution in [3.8, 4) is 5.75 Å². The summed E-state index contributed by atoms with van der Waals surface area (Å²) in [5.41, 5.74) is 1.52. The number of benzene rings is 1. The zero-order valence-electron chi connectivity index (χ0n) is 16.0. The molecule has 2 heterocycles. The molecule has 1 aliphatic rings. The van der Waals surface area contributed by atoms with E-state index in [1.807, 2.05) is 34.5 Å². The van der Waals surface area contributed by atoms with Crippen molar-refractivity contribution in [2.75, 3.05) is 26.7 Å². The van der Waals surface area contributed by atoms with Crippen LogP contribution in [0.1, 0.15) is 47.9 Å². The Hall–Kier alpha value is -1.34. The second-order valence-electron chi connectivity index (χ2n) is 7.25. The van der Waals surface area contributed by atoms with Gasteiger partial charge in [-0.2, -0.15) is 0 Å². The summed E-state index contributed by atoms with van der Waals surface area (Å²) in [7, 11) is 1.66. The molecule has 1 aromatic heterocycles. The van der Waals surface area contributed by atoms with Crippen LogP contribution in [-0.4, -0.2) is 42.5 Å². The lowest BCUT2D eigenvalue weighted by Gasteiger charge is -2.36. The number of carbonyl (C=O) groups is 1. The molecule has 1 N–H and O–H groups in total. The zero-order chi connectivity index (χ0) is 18.0. The van der Waals surface area contributed by atoms with Crippen molar-refractivity contribution in [2.24, 2.45) is 0 Å². The van der Waals surface area contributed by atoms with Crippen molar-refractivity contribution in [3.63, 3.8) is 0 Å². The third kappa shape index (κ3) is 5.13. The fraction of sp³-hybridized carbons (Fsp3) is 0.474. The summed E-state index contributed by atoms with van der Waals surface area (Å²) < 4.78 is 5.50. The van der Waals surface area contributed by atoms with Gasteiger partial charge in [-0.3, -0.25) is 4.79 Å². The molecule has 1 fully saturated rings. The Morgan fingerprint density at radius 2 is 2.00 bits per heavy atom. The van der Waals surface area contributed by atoms with Crippen LogP contribution in [0.2, 0.25) is 0 Å². The molecule has 150 valence electrons. The van der Waals surface area contributed by atoms with Crippen molar-refractivity contribution in [3.05, 3.63) is 45.9 Å². The van der Waals surface area contributed by atoms with Gasteiger partial charge in [0.25, 0.3) is 5.91 Å². The van der Waals surface area contributed by atoms with Crippen molar-refractivity contribution in [1.29, 1.82) is 0 Å². The van der Waals surface area contributed by atoms with E-state index in [4.69, 9.17) is 4.74 Å². The normalized spacial score (nSPS) is 16.9. The molecule has 27 heavy (non-hydrogen) atoms. The number of nitrogens with zero attached hydrogens (tertiary/aromatic N) is 2. The van der Waals surface area contributed by atoms with Gasteiger partial charge in [-0.1, -0.05) is 39.0 Å². The van der Waals surface area contributed by atoms with Gasteiger partial charge < -0.3 is 15.0 Å². The van der Waals surface area contributed by atoms with Gasteiger partial charge >= 0.3 is 0 Å². The molecule has 0 aliphatic carbocycles. The standard InChI is InChI=1S/C19H25N3O2S.2ClH/c1-19(2,3)18-21-14(12-25-18)17(23)22-10-9-20-11-15(22)13-7-5-6-8-16(13)24-4;;/h5-8,12,15,20H,9-11H2,1-4H3;2*1H. The van der Waals surface area contributed by atoms with Gasteiger partial charge in [-0.25, -0.2) is 4.98 Å². The summed E-state index contributed by atoms with van der Waals surface area (Å²) >= 11 is 1.55. The molecule has 3 rings (SSSR count). The smallest absolute Gasteiger partial charge is 0.273 e. The number of methoxy groups -OCH3 is 1. The molecular weight excluding hydrogens is 405 g/mol. The lowest BCUT2D eigenvalue weighted by atomic mass is 9.98. The third-order valence-corrected chi connectivity index (χ3v) is 5.64. The summed E-state index contributed by atoms with van der Waals surface area (Å²) in [6.45, 7) is 8.49. The minimum absolute atomic E-state index is 0. The van der Waals surface area contributed by atoms with Gasteiger partial charge in [0.1, 0.15) is 11.4 Å². The minimum atomic E-state index is -0.0582. The second-order valence-corrected chi connectivity index (χ2v) is 8.11. The maximum Gasteiger partial charge on any atom is 0.273 e. The maximum atomic E-state index is 13.1. The van der Waals surface area contributed by atoms with Crippen molar-refractivity contribution < 1.29 is 9.53 Å². The lowest BCUT2D eigenvalue weighted by Crippen LogP contribution is -2.48. The van der Waals surface area contributed by atoms with E-state index in [2.05, 4.69) is 31.1 Å². The monoisotopic (exact) mass is 431 g/mol. The molecule has 0 saturated carbocycles. The van der Waals surface area contributed by atoms with Crippen molar-refractivity contribution in [2.45, 2.75) is 32.2 Å². The lowest BCUT2D eigenvalue weighted by molar-refractivity contribution is 0.0626. The highest BCUT2D eigenvalue weighted by molar-refractivity contribution is 7.10. The molecule has 1 amide bonds. The maximum absolute atomic E-state index is 13.1. The summed E-state index contributed by atoms with van der Waals surface area (Å²) in [6, 6.07) is 7.83. The number of nitrogens with one attached hydrogen (secondary N) is 1. The topological polar surface area (TPSA) is 54.5 Å². The van der Waals surface area contributed by atoms with Gasteiger partial charge in [0.2, 0.25) is 0 Å². The Balaban J connectivity index is 0.00000182. The average molecular weight is 432 g/mol. The summed E-state index contributed by atoms with van der Waals surface area (Å²) in [5, 5.41) is 6.25. The van der Waals surface area contributed by atoms with Crippen molar-refractivity contribution in [1.82, 2.24) is 15.2 Å². The highest BCUT2D eigenvalue weighted by atomic mass is 35.5. The zero-order valence-corrected chi connectivity index (χ0v) is 18.5. The van der Waals surface area contributed by atoms with Gasteiger partial charge in [-0.15, -0.1) is 36.2 Å². The summed E-state index contributed by atoms with van der Waals surface area (Å²) in [5.74, 6) is 0.798. The van der Waals surface area contributed by atoms with Crippen LogP contribution in [-0.2, 0) is 5.41 Å². The molecule has 2 aromatic rings. The van der Waals surface area contributed by atoms with Gasteiger partial charge in [0, 0.05) is 36.0 Å². The van der Waals surface area contributed by atoms with Crippen LogP contribution in [0.5, 0.6) is 5.75 Å². The first-order valence-electron chi connectivity index (χ1n) is 8.52. The molecule has 1 saturated heterocycles. The largest absolute Gasteiger partial charge is 0.496 e. The molecular formula is C19H27Cl2N3O2S. The van der Waals surface area contributed by atoms with Gasteiger partial charge in [-0.05, 0) is 6.07 Å². The predicted octanol–water partition coefficient (Wildman–Crippen LogP) is 4.08. The molecule has 8 heteroatoms. The van der Waals surface area contributed by atoms with Crippen molar-refractivity contribution >= 4 is 42.1 Å². The van der Waals surface area contributed by atoms with E-state index < -0.39 is 0 Å². The summed E-state index contributed by atoms with van der Waals surface area (Å²) in [4.78, 5) is 19.6. The number of hydrogen-bond donors (Lipinski definition) is 1. The number of rotatable bonds is 3. The minimum Gasteiger partial charge on any atom is -0.496 e. The Labute approximate surface area is 177 Å². The number of ether oxygens (including phenoxy) is 1. The summed E-state index contributed by atoms with van der Waals surface area (Å²) in [6.07, 6.45) is 0. The van der Waals surface area contributed by atoms with Crippen LogP contribution >= 0.6 is 36.2 Å². The number of amides is 1. The second kappa shape index (κ2) is 9.73. The molecule has 1 atom stereocenters. The molecule has 1 aliphatic heterocycles. The fourth-order valence-electron chi connectivity index (χ4n) is 3.03. The fourth-order valence-corrected chi connectivity index (χ4v) is 3.91. The third-order valence-electron chi connectivity index (χ3n) is 4.37. The molecule has 0 spiro atoms. The van der Waals surface area contributed by atoms with Crippen LogP contribution in [0.4, 0.5) is 0 Å². The number of hydrogen-bond acceptors (Lipinski definition) is 5. The van der Waals surface area contributed by atoms with Gasteiger partial charge in [0.15, 0.2) is 0 Å². The molecule has 1 unspecified atom stereocenters. The Kier molecular flexibility index (Phi) is 8.54. The van der Waals surface area contributed by atoms with E-state index in [0.717, 1.165) is 22.9 Å². The highest BCUT2D eigenvalue weighted by Crippen LogP contribution is 2.32. The van der Waals surface area contributed by atoms with Crippen LogP contribution in [0, 0.1) is 0 Å². The first-order valence-corrected chi connectivity index (χ1v) is 9.40. The van der Waals surface area contributed by atoms with Crippen LogP contribution < -0.4 is 10.1 Å². The number of halogens is 2. The van der Waals surface area contributed by atoms with Crippen LogP contribution in [0.3, 0.4) is 0 Å². The van der Waals surface area contributed by atoms with E-state index in [1.54, 1.807) is 18.4 Å². The number of thiazole rings is 1. The first kappa shape index (κ1) is 23.7. The highest BCUT2D eigenvalue weighted by Gasteiger charge is 2.32. The van der Waals surface area contributed by atoms with E-state index in [1.165, 1.54) is 0 Å². The Morgan fingerprint density at radius 3 is 2.63 bits per heavy atom. The number of para-hydroxylation sites is 1. The number of carbonyl (C=O) groups excluding carboxylic acids is 1. The van der Waals surface area contributed by atoms with Crippen LogP contribution in [0.25, 0.3) is 0 Å². The number of piperazine rings is 1. The molecule has 0 radical (unpaired) electrons.